The summed E-state index contributed by atoms with van der Waals surface area (Å²) in [6.45, 7) is 3.07. The zero-order chi connectivity index (χ0) is 37.8. The number of anilines is 1. The molecule has 2 fully saturated rings. The number of benzene rings is 3. The third-order valence-corrected chi connectivity index (χ3v) is 11.0. The molecule has 7 rings (SSSR count). The second kappa shape index (κ2) is 16.3. The fourth-order valence-corrected chi connectivity index (χ4v) is 8.01. The molecule has 280 valence electrons. The topological polar surface area (TPSA) is 144 Å². The van der Waals surface area contributed by atoms with Crippen LogP contribution in [0, 0.1) is 17.7 Å². The molecular weight excluding hydrogens is 691 g/mol. The minimum Gasteiger partial charge on any atom is -0.491 e. The van der Waals surface area contributed by atoms with Crippen LogP contribution in [0.3, 0.4) is 0 Å². The Morgan fingerprint density at radius 2 is 1.74 bits per heavy atom. The number of nitrogens with zero attached hydrogens (tertiary/aromatic N) is 2. The van der Waals surface area contributed by atoms with Gasteiger partial charge in [0.05, 0.1) is 23.3 Å². The lowest BCUT2D eigenvalue weighted by molar-refractivity contribution is -0.136. The van der Waals surface area contributed by atoms with Crippen LogP contribution < -0.4 is 15.4 Å². The van der Waals surface area contributed by atoms with Gasteiger partial charge in [-0.2, -0.15) is 0 Å². The first kappa shape index (κ1) is 36.9. The Labute approximate surface area is 312 Å². The number of halogens is 1. The minimum absolute atomic E-state index is 0.0139. The van der Waals surface area contributed by atoms with E-state index in [0.717, 1.165) is 47.0 Å². The largest absolute Gasteiger partial charge is 0.491 e. The van der Waals surface area contributed by atoms with Crippen LogP contribution in [-0.2, 0) is 25.5 Å². The maximum atomic E-state index is 14.0. The molecule has 12 heteroatoms. The summed E-state index contributed by atoms with van der Waals surface area (Å²) in [5.74, 6) is -1.26. The average Bonchev–Trinajstić information content (AvgIpc) is 3.43. The number of hydrogen-bond donors (Lipinski definition) is 2. The van der Waals surface area contributed by atoms with E-state index in [2.05, 4.69) is 15.6 Å². The average molecular weight is 735 g/mol. The fourth-order valence-electron chi connectivity index (χ4n) is 8.01. The summed E-state index contributed by atoms with van der Waals surface area (Å²) in [5.41, 5.74) is 3.92. The Bertz CT molecular complexity index is 2080. The number of pyridine rings is 1. The standard InChI is InChI=1S/C42H43FN4O7/c1-25(26-7-9-27(10-8-26)32-19-20-44-35-16-11-29(43)24-34(32)35)39(49)45-30-12-14-31(15-13-30)54-23-22-53-21-3-5-28-4-2-6-33-38(28)42(52)47(41(33)51)36-17-18-37(48)46-40(36)50/h2,4,6,11-16,19-20,24-27,36H,3,5,7-10,17-18,21-23H2,1H3,(H,45,49)(H,46,48,50)/t25-,26-,27+,36?/m1/s1. The number of ether oxygens (including phenoxy) is 2. The predicted octanol–water partition coefficient (Wildman–Crippen LogP) is 6.35. The number of imide groups is 2. The van der Waals surface area contributed by atoms with E-state index in [-0.39, 0.29) is 42.0 Å². The molecule has 1 saturated carbocycles. The van der Waals surface area contributed by atoms with Gasteiger partial charge in [0.1, 0.15) is 24.2 Å². The van der Waals surface area contributed by atoms with Crippen molar-refractivity contribution < 1.29 is 37.8 Å². The molecule has 1 saturated heterocycles. The van der Waals surface area contributed by atoms with Crippen molar-refractivity contribution in [1.82, 2.24) is 15.2 Å². The minimum atomic E-state index is -0.998. The first-order valence-electron chi connectivity index (χ1n) is 18.7. The molecule has 0 spiro atoms. The second-order valence-electron chi connectivity index (χ2n) is 14.3. The number of fused-ring (bicyclic) bond motifs is 2. The van der Waals surface area contributed by atoms with E-state index in [1.807, 2.05) is 25.1 Å². The zero-order valence-corrected chi connectivity index (χ0v) is 30.1. The number of aromatic nitrogens is 1. The van der Waals surface area contributed by atoms with Gasteiger partial charge in [-0.3, -0.25) is 39.2 Å². The van der Waals surface area contributed by atoms with Crippen molar-refractivity contribution in [3.05, 3.63) is 101 Å². The maximum absolute atomic E-state index is 14.0. The highest BCUT2D eigenvalue weighted by Crippen LogP contribution is 2.41. The third kappa shape index (κ3) is 7.89. The number of aryl methyl sites for hydroxylation is 1. The monoisotopic (exact) mass is 734 g/mol. The number of piperidine rings is 1. The Balaban J connectivity index is 0.810. The highest BCUT2D eigenvalue weighted by atomic mass is 19.1. The van der Waals surface area contributed by atoms with Gasteiger partial charge >= 0.3 is 0 Å². The highest BCUT2D eigenvalue weighted by molar-refractivity contribution is 6.24. The van der Waals surface area contributed by atoms with E-state index in [1.165, 1.54) is 6.07 Å². The molecule has 2 atom stereocenters. The van der Waals surface area contributed by atoms with E-state index < -0.39 is 29.7 Å². The number of amides is 5. The molecule has 1 unspecified atom stereocenters. The molecule has 4 aromatic rings. The van der Waals surface area contributed by atoms with Crippen molar-refractivity contribution in [2.24, 2.45) is 11.8 Å². The van der Waals surface area contributed by atoms with Gasteiger partial charge in [0.25, 0.3) is 11.8 Å². The summed E-state index contributed by atoms with van der Waals surface area (Å²) in [7, 11) is 0. The van der Waals surface area contributed by atoms with E-state index in [1.54, 1.807) is 48.7 Å². The van der Waals surface area contributed by atoms with Crippen LogP contribution in [0.2, 0.25) is 0 Å². The summed E-state index contributed by atoms with van der Waals surface area (Å²) >= 11 is 0. The van der Waals surface area contributed by atoms with Crippen molar-refractivity contribution >= 4 is 46.1 Å². The van der Waals surface area contributed by atoms with Gasteiger partial charge < -0.3 is 14.8 Å². The summed E-state index contributed by atoms with van der Waals surface area (Å²) in [5, 5.41) is 6.13. The third-order valence-electron chi connectivity index (χ3n) is 11.0. The fraction of sp³-hybridized carbons (Fsp3) is 0.381. The summed E-state index contributed by atoms with van der Waals surface area (Å²) in [6, 6.07) is 18.1. The lowest BCUT2D eigenvalue weighted by atomic mass is 9.73. The lowest BCUT2D eigenvalue weighted by Gasteiger charge is -2.32. The van der Waals surface area contributed by atoms with Gasteiger partial charge in [-0.25, -0.2) is 4.39 Å². The SMILES string of the molecule is C[C@@H](C(=O)Nc1ccc(OCCOCCCc2cccc3c2C(=O)N(C2CCC(=O)NC2=O)C3=O)cc1)[C@H]1CC[C@@H](c2ccnc3ccc(F)cc32)CC1. The number of carbonyl (C=O) groups is 5. The van der Waals surface area contributed by atoms with Crippen LogP contribution >= 0.6 is 0 Å². The number of carbonyl (C=O) groups excluding carboxylic acids is 5. The molecule has 54 heavy (non-hydrogen) atoms. The molecule has 1 aliphatic carbocycles. The maximum Gasteiger partial charge on any atom is 0.262 e. The van der Waals surface area contributed by atoms with Crippen LogP contribution in [-0.4, -0.2) is 65.3 Å². The second-order valence-corrected chi connectivity index (χ2v) is 14.3. The molecule has 0 bridgehead atoms. The summed E-state index contributed by atoms with van der Waals surface area (Å²) in [6.07, 6.45) is 6.82. The van der Waals surface area contributed by atoms with Crippen LogP contribution in [0.1, 0.15) is 89.6 Å². The van der Waals surface area contributed by atoms with Crippen LogP contribution in [0.25, 0.3) is 10.9 Å². The summed E-state index contributed by atoms with van der Waals surface area (Å²) in [4.78, 5) is 68.8. The molecule has 5 amide bonds. The molecule has 3 aromatic carbocycles. The van der Waals surface area contributed by atoms with Crippen molar-refractivity contribution in [1.29, 1.82) is 0 Å². The molecule has 3 aliphatic rings. The number of hydrogen-bond acceptors (Lipinski definition) is 8. The Kier molecular flexibility index (Phi) is 11.1. The van der Waals surface area contributed by atoms with Crippen molar-refractivity contribution in [2.75, 3.05) is 25.1 Å². The van der Waals surface area contributed by atoms with E-state index >= 15 is 0 Å². The molecule has 3 heterocycles. The van der Waals surface area contributed by atoms with E-state index in [9.17, 15) is 28.4 Å². The van der Waals surface area contributed by atoms with E-state index in [4.69, 9.17) is 9.47 Å². The van der Waals surface area contributed by atoms with Crippen LogP contribution in [0.4, 0.5) is 10.1 Å². The number of nitrogens with one attached hydrogen (secondary N) is 2. The smallest absolute Gasteiger partial charge is 0.262 e. The normalized spacial score (nSPS) is 20.5. The van der Waals surface area contributed by atoms with Gasteiger partial charge in [-0.15, -0.1) is 0 Å². The Morgan fingerprint density at radius 3 is 2.52 bits per heavy atom. The number of rotatable bonds is 13. The molecule has 1 aromatic heterocycles. The van der Waals surface area contributed by atoms with E-state index in [0.29, 0.717) is 61.1 Å². The predicted molar refractivity (Wildman–Crippen MR) is 198 cm³/mol. The molecule has 0 radical (unpaired) electrons. The Hall–Kier alpha value is -5.49. The first-order valence-corrected chi connectivity index (χ1v) is 18.7. The van der Waals surface area contributed by atoms with Crippen LogP contribution in [0.5, 0.6) is 5.75 Å². The molecule has 2 N–H and O–H groups in total. The van der Waals surface area contributed by atoms with Crippen molar-refractivity contribution in [3.8, 4) is 5.75 Å². The van der Waals surface area contributed by atoms with Crippen LogP contribution in [0.15, 0.2) is 72.9 Å². The zero-order valence-electron chi connectivity index (χ0n) is 30.1. The van der Waals surface area contributed by atoms with Gasteiger partial charge in [-0.05, 0) is 123 Å². The van der Waals surface area contributed by atoms with Gasteiger partial charge in [0, 0.05) is 36.2 Å². The van der Waals surface area contributed by atoms with Gasteiger partial charge in [-0.1, -0.05) is 19.1 Å². The molecular formula is C42H43FN4O7. The summed E-state index contributed by atoms with van der Waals surface area (Å²) < 4.78 is 25.6. The van der Waals surface area contributed by atoms with Gasteiger partial charge in [0.2, 0.25) is 17.7 Å². The molecule has 11 nitrogen and oxygen atoms in total. The Morgan fingerprint density at radius 1 is 0.944 bits per heavy atom. The quantitative estimate of drug-likeness (QED) is 0.120. The highest BCUT2D eigenvalue weighted by Gasteiger charge is 2.45. The van der Waals surface area contributed by atoms with Crippen molar-refractivity contribution in [2.45, 2.75) is 70.3 Å². The van der Waals surface area contributed by atoms with Crippen molar-refractivity contribution in [3.63, 3.8) is 0 Å². The molecule has 2 aliphatic heterocycles. The van der Waals surface area contributed by atoms with Gasteiger partial charge in [0.15, 0.2) is 0 Å². The first-order chi connectivity index (χ1) is 26.2. The lowest BCUT2D eigenvalue weighted by Crippen LogP contribution is -2.54.